The Morgan fingerprint density at radius 3 is 2.21 bits per heavy atom. The van der Waals surface area contributed by atoms with Crippen LogP contribution in [0.3, 0.4) is 0 Å². The maximum Gasteiger partial charge on any atom is 0.311 e. The summed E-state index contributed by atoms with van der Waals surface area (Å²) in [6, 6.07) is -0.285. The van der Waals surface area contributed by atoms with Gasteiger partial charge in [-0.05, 0) is 99.2 Å². The van der Waals surface area contributed by atoms with Crippen molar-refractivity contribution in [3.05, 3.63) is 0 Å². The lowest BCUT2D eigenvalue weighted by atomic mass is 9.72. The molecule has 3 aliphatic heterocycles. The zero-order valence-electron chi connectivity index (χ0n) is 37.5. The maximum absolute atomic E-state index is 14.4. The second kappa shape index (κ2) is 20.7. The predicted molar refractivity (Wildman–Crippen MR) is 216 cm³/mol. The summed E-state index contributed by atoms with van der Waals surface area (Å²) < 4.78 is 38.8. The molecule has 0 aliphatic carbocycles. The minimum absolute atomic E-state index is 0.0173. The van der Waals surface area contributed by atoms with E-state index in [0.717, 1.165) is 0 Å². The molecule has 7 N–H and O–H groups in total. The third-order valence-electron chi connectivity index (χ3n) is 13.4. The Morgan fingerprint density at radius 1 is 0.982 bits per heavy atom. The third-order valence-corrected chi connectivity index (χ3v) is 13.4. The first-order valence-corrected chi connectivity index (χ1v) is 21.3. The number of nitrogens with zero attached hydrogens (tertiary/aromatic N) is 1. The lowest BCUT2D eigenvalue weighted by molar-refractivity contribution is -0.334. The monoisotopic (exact) mass is 820 g/mol. The number of cyclic esters (lactones) is 1. The Bertz CT molecular complexity index is 1240. The highest BCUT2D eigenvalue weighted by Crippen LogP contribution is 2.44. The minimum Gasteiger partial charge on any atom is -0.459 e. The van der Waals surface area contributed by atoms with E-state index in [1.54, 1.807) is 20.8 Å². The average Bonchev–Trinajstić information content (AvgIpc) is 3.14. The van der Waals surface area contributed by atoms with Crippen LogP contribution in [0.2, 0.25) is 0 Å². The number of rotatable bonds is 12. The molecule has 3 rings (SSSR count). The highest BCUT2D eigenvalue weighted by atomic mass is 16.7. The van der Waals surface area contributed by atoms with Crippen LogP contribution in [0, 0.1) is 23.2 Å². The van der Waals surface area contributed by atoms with E-state index in [-0.39, 0.29) is 50.1 Å². The summed E-state index contributed by atoms with van der Waals surface area (Å²) in [5, 5.41) is 63.0. The number of carbonyl (C=O) groups excluding carboxylic acids is 1. The fourth-order valence-corrected chi connectivity index (χ4v) is 9.57. The fraction of sp³-hybridized carbons (Fsp3) is 0.976. The van der Waals surface area contributed by atoms with Crippen LogP contribution in [-0.2, 0) is 33.2 Å². The molecule has 3 heterocycles. The molecule has 0 aromatic rings. The van der Waals surface area contributed by atoms with E-state index in [1.165, 1.54) is 14.0 Å². The van der Waals surface area contributed by atoms with Gasteiger partial charge >= 0.3 is 5.97 Å². The summed E-state index contributed by atoms with van der Waals surface area (Å²) in [6.45, 7) is 21.7. The SMILES string of the molecule is CC[C@H]1OC(=O)[C@H](C)[C@H](O[C@@H]2C[C@](C)(OC)[C@@](O)(CNCCCO)[C@H](C)O2)[C@H](C)[C@@H](O[C@@H]2O[C@H](C)C[C@H](N(C)C)[C@H]2O)C(C)(C)C[C@@H](C)NC[C@H](C)[C@@H](O)[C@]1(C)O. The first-order chi connectivity index (χ1) is 26.4. The maximum atomic E-state index is 14.4. The van der Waals surface area contributed by atoms with Crippen molar-refractivity contribution >= 4 is 5.97 Å². The topological polar surface area (TPSA) is 201 Å². The molecule has 0 spiro atoms. The number of likely N-dealkylation sites (N-methyl/N-ethyl adjacent to an activating group) is 1. The van der Waals surface area contributed by atoms with Crippen molar-refractivity contribution < 1.29 is 58.7 Å². The Labute approximate surface area is 342 Å². The number of aliphatic hydroxyl groups excluding tert-OH is 3. The van der Waals surface area contributed by atoms with E-state index < -0.39 is 89.2 Å². The molecule has 0 amide bonds. The summed E-state index contributed by atoms with van der Waals surface area (Å²) in [4.78, 5) is 16.4. The summed E-state index contributed by atoms with van der Waals surface area (Å²) in [5.74, 6) is -2.51. The molecular weight excluding hydrogens is 738 g/mol. The van der Waals surface area contributed by atoms with Crippen LogP contribution in [0.25, 0.3) is 0 Å². The van der Waals surface area contributed by atoms with Gasteiger partial charge in [0, 0.05) is 51.2 Å². The van der Waals surface area contributed by atoms with Crippen molar-refractivity contribution in [3.8, 4) is 0 Å². The molecule has 15 heteroatoms. The first kappa shape index (κ1) is 50.3. The van der Waals surface area contributed by atoms with E-state index in [1.807, 2.05) is 46.7 Å². The molecule has 3 fully saturated rings. The predicted octanol–water partition coefficient (Wildman–Crippen LogP) is 2.18. The van der Waals surface area contributed by atoms with Crippen molar-refractivity contribution in [1.82, 2.24) is 15.5 Å². The van der Waals surface area contributed by atoms with Gasteiger partial charge in [-0.1, -0.05) is 34.6 Å². The number of hydrogen-bond donors (Lipinski definition) is 7. The number of methoxy groups -OCH3 is 1. The first-order valence-electron chi connectivity index (χ1n) is 21.3. The van der Waals surface area contributed by atoms with Gasteiger partial charge in [0.2, 0.25) is 0 Å². The molecule has 0 aromatic heterocycles. The Kier molecular flexibility index (Phi) is 18.2. The van der Waals surface area contributed by atoms with Crippen LogP contribution in [0.4, 0.5) is 0 Å². The second-order valence-corrected chi connectivity index (χ2v) is 18.9. The quantitative estimate of drug-likeness (QED) is 0.112. The molecule has 17 atom stereocenters. The van der Waals surface area contributed by atoms with E-state index in [4.69, 9.17) is 28.4 Å². The molecular formula is C42H81N3O12. The van der Waals surface area contributed by atoms with E-state index in [0.29, 0.717) is 32.4 Å². The highest BCUT2D eigenvalue weighted by molar-refractivity contribution is 5.73. The second-order valence-electron chi connectivity index (χ2n) is 18.9. The Morgan fingerprint density at radius 2 is 1.63 bits per heavy atom. The van der Waals surface area contributed by atoms with Crippen molar-refractivity contribution in [2.24, 2.45) is 23.2 Å². The summed E-state index contributed by atoms with van der Waals surface area (Å²) in [5.41, 5.74) is -5.00. The van der Waals surface area contributed by atoms with Gasteiger partial charge < -0.3 is 69.5 Å². The zero-order chi connectivity index (χ0) is 43.3. The zero-order valence-corrected chi connectivity index (χ0v) is 37.5. The largest absolute Gasteiger partial charge is 0.459 e. The summed E-state index contributed by atoms with van der Waals surface area (Å²) >= 11 is 0. The minimum atomic E-state index is -1.76. The van der Waals surface area contributed by atoms with E-state index >= 15 is 0 Å². The standard InChI is InChI=1S/C42H81N3O12/c1-15-31-41(11,50)35(48)24(2)22-44-25(3)20-39(8,9)36(57-38-33(47)30(45(12)13)19-26(4)53-38)27(5)34(28(6)37(49)55-31)56-32-21-40(10,52-14)42(51,29(7)54-32)23-43-17-16-18-46/h24-36,38,43-44,46-48,50-51H,15-23H2,1-14H3/t24-,25+,26+,27-,28+,29-,30-,31+,32+,33+,34+,35+,36+,38-,40-,41+,42+/m0/s1. The van der Waals surface area contributed by atoms with Crippen molar-refractivity contribution in [2.45, 2.75) is 192 Å². The van der Waals surface area contributed by atoms with Gasteiger partial charge in [-0.2, -0.15) is 0 Å². The number of carbonyl (C=O) groups is 1. The lowest BCUT2D eigenvalue weighted by Crippen LogP contribution is -2.70. The fourth-order valence-electron chi connectivity index (χ4n) is 9.57. The Balaban J connectivity index is 2.15. The van der Waals surface area contributed by atoms with Gasteiger partial charge in [-0.25, -0.2) is 0 Å². The number of nitrogens with one attached hydrogen (secondary N) is 2. The van der Waals surface area contributed by atoms with Crippen LogP contribution in [0.1, 0.15) is 108 Å². The van der Waals surface area contributed by atoms with Gasteiger partial charge in [-0.15, -0.1) is 0 Å². The van der Waals surface area contributed by atoms with Crippen molar-refractivity contribution in [1.29, 1.82) is 0 Å². The third kappa shape index (κ3) is 11.7. The summed E-state index contributed by atoms with van der Waals surface area (Å²) in [6.07, 6.45) is -5.58. The van der Waals surface area contributed by atoms with Gasteiger partial charge in [0.15, 0.2) is 12.6 Å². The number of hydrogen-bond acceptors (Lipinski definition) is 15. The van der Waals surface area contributed by atoms with E-state index in [9.17, 15) is 30.3 Å². The molecule has 3 aliphatic rings. The van der Waals surface area contributed by atoms with Gasteiger partial charge in [0.25, 0.3) is 0 Å². The highest BCUT2D eigenvalue weighted by Gasteiger charge is 2.58. The van der Waals surface area contributed by atoms with Crippen molar-refractivity contribution in [2.75, 3.05) is 47.4 Å². The molecule has 3 saturated heterocycles. The van der Waals surface area contributed by atoms with Crippen LogP contribution in [-0.4, -0.2) is 168 Å². The summed E-state index contributed by atoms with van der Waals surface area (Å²) in [7, 11) is 5.38. The smallest absolute Gasteiger partial charge is 0.311 e. The molecule has 0 aromatic carbocycles. The van der Waals surface area contributed by atoms with Crippen LogP contribution >= 0.6 is 0 Å². The Hall–Kier alpha value is -1.05. The van der Waals surface area contributed by atoms with Crippen LogP contribution < -0.4 is 10.6 Å². The lowest BCUT2D eigenvalue weighted by Gasteiger charge is -2.54. The molecule has 0 saturated carbocycles. The van der Waals surface area contributed by atoms with Gasteiger partial charge in [0.05, 0.1) is 36.4 Å². The number of aliphatic hydroxyl groups is 5. The van der Waals surface area contributed by atoms with Gasteiger partial charge in [0.1, 0.15) is 29.0 Å². The van der Waals surface area contributed by atoms with Crippen LogP contribution in [0.5, 0.6) is 0 Å². The normalized spacial score (nSPS) is 45.6. The van der Waals surface area contributed by atoms with Crippen molar-refractivity contribution in [3.63, 3.8) is 0 Å². The molecule has 0 unspecified atom stereocenters. The van der Waals surface area contributed by atoms with E-state index in [2.05, 4.69) is 31.4 Å². The molecule has 336 valence electrons. The molecule has 0 radical (unpaired) electrons. The average molecular weight is 820 g/mol. The molecule has 0 bridgehead atoms. The molecule has 57 heavy (non-hydrogen) atoms. The van der Waals surface area contributed by atoms with Crippen LogP contribution in [0.15, 0.2) is 0 Å². The number of ether oxygens (including phenoxy) is 6. The molecule has 15 nitrogen and oxygen atoms in total. The number of esters is 1. The van der Waals surface area contributed by atoms with Gasteiger partial charge in [-0.3, -0.25) is 4.79 Å².